The van der Waals surface area contributed by atoms with Crippen molar-refractivity contribution in [3.8, 4) is 0 Å². The van der Waals surface area contributed by atoms with Gasteiger partial charge in [-0.3, -0.25) is 9.89 Å². The Hall–Kier alpha value is -1.69. The fraction of sp³-hybridized carbons (Fsp3) is 0.300. The zero-order valence-corrected chi connectivity index (χ0v) is 9.84. The van der Waals surface area contributed by atoms with E-state index in [1.165, 1.54) is 11.3 Å². The minimum Gasteiger partial charge on any atom is -0.345 e. The predicted molar refractivity (Wildman–Crippen MR) is 61.3 cm³/mol. The van der Waals surface area contributed by atoms with Crippen LogP contribution in [0.2, 0.25) is 0 Å². The van der Waals surface area contributed by atoms with E-state index >= 15 is 0 Å². The van der Waals surface area contributed by atoms with E-state index in [0.29, 0.717) is 4.88 Å². The number of rotatable bonds is 3. The first-order valence-corrected chi connectivity index (χ1v) is 5.76. The summed E-state index contributed by atoms with van der Waals surface area (Å²) in [6.07, 6.45) is 3.47. The fourth-order valence-corrected chi connectivity index (χ4v) is 2.07. The van der Waals surface area contributed by atoms with Gasteiger partial charge in [-0.05, 0) is 13.8 Å². The highest BCUT2D eigenvalue weighted by Gasteiger charge is 2.15. The van der Waals surface area contributed by atoms with E-state index in [1.54, 1.807) is 17.9 Å². The molecule has 2 rings (SSSR count). The average molecular weight is 236 g/mol. The van der Waals surface area contributed by atoms with Crippen molar-refractivity contribution in [2.24, 2.45) is 0 Å². The normalized spacial score (nSPS) is 12.4. The lowest BCUT2D eigenvalue weighted by atomic mass is 10.2. The Bertz CT molecular complexity index is 477. The number of hydrogen-bond acceptors (Lipinski definition) is 4. The maximum Gasteiger partial charge on any atom is 0.263 e. The summed E-state index contributed by atoms with van der Waals surface area (Å²) in [6, 6.07) is -0.0623. The third-order valence-electron chi connectivity index (χ3n) is 2.32. The van der Waals surface area contributed by atoms with E-state index in [2.05, 4.69) is 20.5 Å². The molecule has 0 aliphatic heterocycles. The Labute approximate surface area is 96.9 Å². The zero-order chi connectivity index (χ0) is 11.5. The summed E-state index contributed by atoms with van der Waals surface area (Å²) in [6.45, 7) is 3.74. The predicted octanol–water partition coefficient (Wildman–Crippen LogP) is 1.67. The number of aromatic amines is 1. The minimum absolute atomic E-state index is 0.0623. The van der Waals surface area contributed by atoms with E-state index in [0.717, 1.165) is 11.3 Å². The fourth-order valence-electron chi connectivity index (χ4n) is 1.36. The van der Waals surface area contributed by atoms with E-state index in [1.807, 2.05) is 13.8 Å². The van der Waals surface area contributed by atoms with Crippen LogP contribution < -0.4 is 5.32 Å². The number of nitrogens with one attached hydrogen (secondary N) is 2. The molecule has 0 aliphatic rings. The van der Waals surface area contributed by atoms with Crippen LogP contribution in [0.1, 0.15) is 33.9 Å². The van der Waals surface area contributed by atoms with Gasteiger partial charge in [-0.25, -0.2) is 4.98 Å². The van der Waals surface area contributed by atoms with Crippen molar-refractivity contribution in [2.75, 3.05) is 0 Å². The molecule has 0 fully saturated rings. The first kappa shape index (κ1) is 10.8. The monoisotopic (exact) mass is 236 g/mol. The van der Waals surface area contributed by atoms with Crippen molar-refractivity contribution in [3.05, 3.63) is 34.0 Å². The molecule has 1 unspecified atom stereocenters. The van der Waals surface area contributed by atoms with Gasteiger partial charge >= 0.3 is 0 Å². The molecule has 2 aromatic rings. The molecule has 0 aromatic carbocycles. The van der Waals surface area contributed by atoms with Gasteiger partial charge in [0.25, 0.3) is 5.91 Å². The molecule has 0 aliphatic carbocycles. The number of aromatic nitrogens is 3. The Kier molecular flexibility index (Phi) is 3.00. The molecule has 84 valence electrons. The average Bonchev–Trinajstić information content (AvgIpc) is 2.86. The number of carbonyl (C=O) groups is 1. The third-order valence-corrected chi connectivity index (χ3v) is 3.25. The first-order chi connectivity index (χ1) is 7.68. The van der Waals surface area contributed by atoms with Crippen LogP contribution in [0.4, 0.5) is 0 Å². The number of nitrogens with zero attached hydrogens (tertiary/aromatic N) is 2. The second kappa shape index (κ2) is 4.44. The standard InChI is InChI=1S/C10H12N4OS/c1-6(8-3-12-13-4-8)14-10(15)9-7(2)11-5-16-9/h3-6H,1-2H3,(H,12,13)(H,14,15). The molecule has 2 aromatic heterocycles. The lowest BCUT2D eigenvalue weighted by molar-refractivity contribution is 0.0943. The van der Waals surface area contributed by atoms with Crippen LogP contribution >= 0.6 is 11.3 Å². The zero-order valence-electron chi connectivity index (χ0n) is 9.02. The Morgan fingerprint density at radius 1 is 1.62 bits per heavy atom. The highest BCUT2D eigenvalue weighted by atomic mass is 32.1. The third kappa shape index (κ3) is 2.11. The van der Waals surface area contributed by atoms with Gasteiger partial charge in [0.05, 0.1) is 23.4 Å². The van der Waals surface area contributed by atoms with E-state index in [9.17, 15) is 4.79 Å². The van der Waals surface area contributed by atoms with Gasteiger partial charge in [-0.2, -0.15) is 5.10 Å². The number of carbonyl (C=O) groups excluding carboxylic acids is 1. The Balaban J connectivity index is 2.06. The van der Waals surface area contributed by atoms with Gasteiger partial charge < -0.3 is 5.32 Å². The quantitative estimate of drug-likeness (QED) is 0.851. The van der Waals surface area contributed by atoms with Gasteiger partial charge in [0.15, 0.2) is 0 Å². The largest absolute Gasteiger partial charge is 0.345 e. The highest BCUT2D eigenvalue weighted by molar-refractivity contribution is 7.11. The number of thiazole rings is 1. The van der Waals surface area contributed by atoms with E-state index in [-0.39, 0.29) is 11.9 Å². The van der Waals surface area contributed by atoms with Crippen molar-refractivity contribution in [3.63, 3.8) is 0 Å². The Morgan fingerprint density at radius 3 is 3.00 bits per heavy atom. The number of hydrogen-bond donors (Lipinski definition) is 2. The summed E-state index contributed by atoms with van der Waals surface area (Å²) < 4.78 is 0. The summed E-state index contributed by atoms with van der Waals surface area (Å²) in [4.78, 5) is 16.6. The summed E-state index contributed by atoms with van der Waals surface area (Å²) in [5.41, 5.74) is 3.39. The van der Waals surface area contributed by atoms with Crippen molar-refractivity contribution < 1.29 is 4.79 Å². The first-order valence-electron chi connectivity index (χ1n) is 4.88. The maximum atomic E-state index is 11.9. The molecule has 0 spiro atoms. The Morgan fingerprint density at radius 2 is 2.44 bits per heavy atom. The van der Waals surface area contributed by atoms with Crippen molar-refractivity contribution in [1.29, 1.82) is 0 Å². The molecular weight excluding hydrogens is 224 g/mol. The van der Waals surface area contributed by atoms with Crippen LogP contribution in [-0.2, 0) is 0 Å². The molecule has 16 heavy (non-hydrogen) atoms. The lowest BCUT2D eigenvalue weighted by Crippen LogP contribution is -2.26. The molecule has 0 radical (unpaired) electrons. The highest BCUT2D eigenvalue weighted by Crippen LogP contribution is 2.15. The smallest absolute Gasteiger partial charge is 0.263 e. The molecule has 0 saturated heterocycles. The van der Waals surface area contributed by atoms with Crippen molar-refractivity contribution >= 4 is 17.2 Å². The second-order valence-corrected chi connectivity index (χ2v) is 4.35. The SMILES string of the molecule is Cc1ncsc1C(=O)NC(C)c1cn[nH]c1. The molecule has 1 amide bonds. The lowest BCUT2D eigenvalue weighted by Gasteiger charge is -2.10. The molecule has 2 heterocycles. The second-order valence-electron chi connectivity index (χ2n) is 3.49. The van der Waals surface area contributed by atoms with Gasteiger partial charge in [0.2, 0.25) is 0 Å². The molecular formula is C10H12N4OS. The van der Waals surface area contributed by atoms with Crippen LogP contribution in [0, 0.1) is 6.92 Å². The van der Waals surface area contributed by atoms with Crippen LogP contribution in [0.3, 0.4) is 0 Å². The molecule has 2 N–H and O–H groups in total. The summed E-state index contributed by atoms with van der Waals surface area (Å²) in [7, 11) is 0. The summed E-state index contributed by atoms with van der Waals surface area (Å²) in [5.74, 6) is -0.0892. The van der Waals surface area contributed by atoms with Crippen molar-refractivity contribution in [1.82, 2.24) is 20.5 Å². The maximum absolute atomic E-state index is 11.9. The van der Waals surface area contributed by atoms with Crippen LogP contribution in [0.15, 0.2) is 17.9 Å². The van der Waals surface area contributed by atoms with Gasteiger partial charge in [-0.1, -0.05) is 0 Å². The molecule has 1 atom stereocenters. The minimum atomic E-state index is -0.0892. The number of amides is 1. The number of H-pyrrole nitrogens is 1. The van der Waals surface area contributed by atoms with Crippen LogP contribution in [0.5, 0.6) is 0 Å². The molecule has 5 nitrogen and oxygen atoms in total. The van der Waals surface area contributed by atoms with Gasteiger partial charge in [0.1, 0.15) is 4.88 Å². The van der Waals surface area contributed by atoms with Crippen LogP contribution in [-0.4, -0.2) is 21.1 Å². The van der Waals surface area contributed by atoms with Gasteiger partial charge in [0, 0.05) is 11.8 Å². The van der Waals surface area contributed by atoms with Gasteiger partial charge in [-0.15, -0.1) is 11.3 Å². The molecule has 6 heteroatoms. The van der Waals surface area contributed by atoms with E-state index < -0.39 is 0 Å². The van der Waals surface area contributed by atoms with Crippen LogP contribution in [0.25, 0.3) is 0 Å². The van der Waals surface area contributed by atoms with E-state index in [4.69, 9.17) is 0 Å². The topological polar surface area (TPSA) is 70.7 Å². The molecule has 0 bridgehead atoms. The summed E-state index contributed by atoms with van der Waals surface area (Å²) >= 11 is 1.35. The number of aryl methyl sites for hydroxylation is 1. The summed E-state index contributed by atoms with van der Waals surface area (Å²) in [5, 5.41) is 9.46. The van der Waals surface area contributed by atoms with Crippen molar-refractivity contribution in [2.45, 2.75) is 19.9 Å². The molecule has 0 saturated carbocycles.